The predicted octanol–water partition coefficient (Wildman–Crippen LogP) is 5.61. The lowest BCUT2D eigenvalue weighted by molar-refractivity contribution is -0.159. The number of amides is 1. The number of unbranched alkanes of at least 4 members (excludes halogenated alkanes) is 10. The number of aliphatic hydroxyl groups excluding tert-OH is 1. The first-order valence-electron chi connectivity index (χ1n) is 14.9. The molecule has 0 radical (unpaired) electrons. The third-order valence-corrected chi connectivity index (χ3v) is 7.58. The van der Waals surface area contributed by atoms with Gasteiger partial charge in [0.2, 0.25) is 0 Å². The lowest BCUT2D eigenvalue weighted by atomic mass is 10.0. The molecule has 1 N–H and O–H groups in total. The number of hydrogen-bond acceptors (Lipinski definition) is 6. The highest BCUT2D eigenvalue weighted by atomic mass is 16.6. The van der Waals surface area contributed by atoms with Gasteiger partial charge in [0.25, 0.3) is 5.91 Å². The van der Waals surface area contributed by atoms with E-state index in [1.165, 1.54) is 57.8 Å². The molecule has 2 atom stereocenters. The van der Waals surface area contributed by atoms with Gasteiger partial charge in [-0.05, 0) is 24.6 Å². The molecule has 212 valence electrons. The highest BCUT2D eigenvalue weighted by molar-refractivity contribution is 5.82. The van der Waals surface area contributed by atoms with Crippen molar-refractivity contribution in [3.8, 4) is 0 Å². The summed E-state index contributed by atoms with van der Waals surface area (Å²) in [5, 5.41) is 10.5. The van der Waals surface area contributed by atoms with E-state index in [-0.39, 0.29) is 12.5 Å². The number of anilines is 1. The van der Waals surface area contributed by atoms with Crippen LogP contribution >= 0.6 is 0 Å². The molecule has 0 aliphatic carbocycles. The van der Waals surface area contributed by atoms with Gasteiger partial charge in [-0.25, -0.2) is 4.79 Å². The van der Waals surface area contributed by atoms with E-state index < -0.39 is 18.2 Å². The molecular formula is C31H48N2O5. The molecule has 7 heteroatoms. The van der Waals surface area contributed by atoms with Gasteiger partial charge in [-0.1, -0.05) is 95.8 Å². The van der Waals surface area contributed by atoms with Crippen LogP contribution in [0.2, 0.25) is 0 Å². The van der Waals surface area contributed by atoms with Gasteiger partial charge >= 0.3 is 5.97 Å². The van der Waals surface area contributed by atoms with Crippen molar-refractivity contribution in [2.24, 2.45) is 0 Å². The number of para-hydroxylation sites is 1. The third-order valence-electron chi connectivity index (χ3n) is 7.58. The number of ether oxygens (including phenoxy) is 2. The summed E-state index contributed by atoms with van der Waals surface area (Å²) in [7, 11) is 0. The number of carbonyl (C=O) groups is 2. The molecule has 1 fully saturated rings. The van der Waals surface area contributed by atoms with Crippen molar-refractivity contribution in [3.05, 3.63) is 42.2 Å². The second kappa shape index (κ2) is 17.1. The molecule has 0 saturated carbocycles. The Morgan fingerprint density at radius 1 is 0.921 bits per heavy atom. The van der Waals surface area contributed by atoms with E-state index in [2.05, 4.69) is 24.0 Å². The summed E-state index contributed by atoms with van der Waals surface area (Å²) in [4.78, 5) is 29.0. The fraction of sp³-hybridized carbons (Fsp3) is 0.677. The zero-order valence-corrected chi connectivity index (χ0v) is 23.3. The maximum absolute atomic E-state index is 12.6. The average molecular weight is 529 g/mol. The Morgan fingerprint density at radius 3 is 2.16 bits per heavy atom. The smallest absolute Gasteiger partial charge is 0.348 e. The van der Waals surface area contributed by atoms with Crippen LogP contribution in [0.25, 0.3) is 0 Å². The van der Waals surface area contributed by atoms with E-state index in [9.17, 15) is 14.7 Å². The Balaban J connectivity index is 1.21. The van der Waals surface area contributed by atoms with Gasteiger partial charge in [0.1, 0.15) is 11.9 Å². The average Bonchev–Trinajstić information content (AvgIpc) is 3.46. The number of carbonyl (C=O) groups excluding carboxylic acids is 2. The molecule has 0 spiro atoms. The monoisotopic (exact) mass is 528 g/mol. The fourth-order valence-corrected chi connectivity index (χ4v) is 5.16. The Hall–Kier alpha value is -2.54. The van der Waals surface area contributed by atoms with Crippen molar-refractivity contribution in [3.63, 3.8) is 0 Å². The Bertz CT molecular complexity index is 851. The maximum Gasteiger partial charge on any atom is 0.348 e. The minimum absolute atomic E-state index is 0.186. The second-order valence-electron chi connectivity index (χ2n) is 10.6. The van der Waals surface area contributed by atoms with Crippen LogP contribution in [0.1, 0.15) is 90.4 Å². The summed E-state index contributed by atoms with van der Waals surface area (Å²) in [6.45, 7) is 4.67. The summed E-state index contributed by atoms with van der Waals surface area (Å²) >= 11 is 0. The zero-order chi connectivity index (χ0) is 27.0. The molecule has 1 amide bonds. The summed E-state index contributed by atoms with van der Waals surface area (Å²) in [6.07, 6.45) is 15.2. The number of aliphatic hydroxyl groups is 1. The Morgan fingerprint density at radius 2 is 1.53 bits per heavy atom. The Kier molecular flexibility index (Phi) is 13.5. The van der Waals surface area contributed by atoms with E-state index in [1.807, 2.05) is 18.2 Å². The molecule has 2 aliphatic rings. The molecule has 38 heavy (non-hydrogen) atoms. The zero-order valence-electron chi connectivity index (χ0n) is 23.3. The van der Waals surface area contributed by atoms with Crippen molar-refractivity contribution in [2.75, 3.05) is 37.7 Å². The highest BCUT2D eigenvalue weighted by Crippen LogP contribution is 2.24. The Labute approximate surface area is 229 Å². The summed E-state index contributed by atoms with van der Waals surface area (Å²) in [5.74, 6) is -0.273. The van der Waals surface area contributed by atoms with Gasteiger partial charge in [0, 0.05) is 38.3 Å². The van der Waals surface area contributed by atoms with E-state index in [0.29, 0.717) is 31.7 Å². The molecule has 7 nitrogen and oxygen atoms in total. The summed E-state index contributed by atoms with van der Waals surface area (Å²) < 4.78 is 11.0. The lowest BCUT2D eigenvalue weighted by Gasteiger charge is -2.36. The van der Waals surface area contributed by atoms with Crippen LogP contribution in [0.5, 0.6) is 0 Å². The van der Waals surface area contributed by atoms with Gasteiger partial charge in [-0.3, -0.25) is 4.79 Å². The quantitative estimate of drug-likeness (QED) is 0.209. The fourth-order valence-electron chi connectivity index (χ4n) is 5.16. The van der Waals surface area contributed by atoms with Crippen molar-refractivity contribution in [2.45, 2.75) is 103 Å². The number of esters is 1. The van der Waals surface area contributed by atoms with Gasteiger partial charge in [0.05, 0.1) is 0 Å². The standard InChI is InChI=1S/C31H48N2O5/c1-2-3-4-5-6-7-8-9-10-11-15-18-27(34)28-19-20-29(38-28)31(36)37-25-30(35)33-23-21-32(22-24-33)26-16-13-12-14-17-26/h12-14,16-17,19,27,29,34H,2-11,15,18,20-25H2,1H3. The molecule has 3 rings (SSSR count). The van der Waals surface area contributed by atoms with Gasteiger partial charge in [-0.15, -0.1) is 0 Å². The molecule has 2 unspecified atom stereocenters. The minimum atomic E-state index is -0.778. The van der Waals surface area contributed by atoms with E-state index in [1.54, 1.807) is 11.0 Å². The topological polar surface area (TPSA) is 79.3 Å². The van der Waals surface area contributed by atoms with E-state index >= 15 is 0 Å². The van der Waals surface area contributed by atoms with E-state index in [0.717, 1.165) is 31.6 Å². The first kappa shape index (κ1) is 30.0. The number of nitrogens with zero attached hydrogens (tertiary/aromatic N) is 2. The molecule has 0 bridgehead atoms. The van der Waals surface area contributed by atoms with Crippen LogP contribution in [0.3, 0.4) is 0 Å². The number of hydrogen-bond donors (Lipinski definition) is 1. The molecule has 1 aromatic carbocycles. The molecule has 1 aromatic rings. The first-order valence-corrected chi connectivity index (χ1v) is 14.9. The van der Waals surface area contributed by atoms with Crippen LogP contribution in [-0.4, -0.2) is 66.9 Å². The van der Waals surface area contributed by atoms with Crippen molar-refractivity contribution >= 4 is 17.6 Å². The second-order valence-corrected chi connectivity index (χ2v) is 10.6. The number of rotatable bonds is 17. The SMILES string of the molecule is CCCCCCCCCCCCCC(O)C1=CCC(C(=O)OCC(=O)N2CCN(c3ccccc3)CC2)O1. The van der Waals surface area contributed by atoms with Crippen LogP contribution < -0.4 is 4.90 Å². The molecule has 2 heterocycles. The third kappa shape index (κ3) is 10.3. The van der Waals surface area contributed by atoms with Gasteiger partial charge in [-0.2, -0.15) is 0 Å². The summed E-state index contributed by atoms with van der Waals surface area (Å²) in [6, 6.07) is 10.1. The van der Waals surface area contributed by atoms with Crippen LogP contribution in [-0.2, 0) is 19.1 Å². The normalized spacial score (nSPS) is 18.2. The van der Waals surface area contributed by atoms with Crippen LogP contribution in [0, 0.1) is 0 Å². The first-order chi connectivity index (χ1) is 18.6. The van der Waals surface area contributed by atoms with Gasteiger partial charge < -0.3 is 24.4 Å². The minimum Gasteiger partial charge on any atom is -0.480 e. The maximum atomic E-state index is 12.6. The van der Waals surface area contributed by atoms with Crippen LogP contribution in [0.15, 0.2) is 42.2 Å². The molecular weight excluding hydrogens is 480 g/mol. The van der Waals surface area contributed by atoms with E-state index in [4.69, 9.17) is 9.47 Å². The predicted molar refractivity (Wildman–Crippen MR) is 151 cm³/mol. The van der Waals surface area contributed by atoms with Crippen LogP contribution in [0.4, 0.5) is 5.69 Å². The summed E-state index contributed by atoms with van der Waals surface area (Å²) in [5.41, 5.74) is 1.15. The molecule has 1 saturated heterocycles. The number of piperazine rings is 1. The largest absolute Gasteiger partial charge is 0.480 e. The highest BCUT2D eigenvalue weighted by Gasteiger charge is 2.31. The van der Waals surface area contributed by atoms with Crippen molar-refractivity contribution < 1.29 is 24.2 Å². The molecule has 2 aliphatic heterocycles. The van der Waals surface area contributed by atoms with Crippen molar-refractivity contribution in [1.82, 2.24) is 4.90 Å². The molecule has 0 aromatic heterocycles. The number of benzene rings is 1. The van der Waals surface area contributed by atoms with Crippen molar-refractivity contribution in [1.29, 1.82) is 0 Å². The van der Waals surface area contributed by atoms with Gasteiger partial charge in [0.15, 0.2) is 12.7 Å². The lowest BCUT2D eigenvalue weighted by Crippen LogP contribution is -2.50.